The third-order valence-electron chi connectivity index (χ3n) is 8.66. The Labute approximate surface area is 267 Å². The van der Waals surface area contributed by atoms with Crippen LogP contribution in [0.25, 0.3) is 0 Å². The van der Waals surface area contributed by atoms with Gasteiger partial charge in [0.2, 0.25) is 10.0 Å². The van der Waals surface area contributed by atoms with Gasteiger partial charge in [0, 0.05) is 0 Å². The van der Waals surface area contributed by atoms with Gasteiger partial charge in [-0.3, -0.25) is 0 Å². The highest BCUT2D eigenvalue weighted by Gasteiger charge is 2.33. The van der Waals surface area contributed by atoms with Crippen LogP contribution in [0, 0.1) is 0 Å². The van der Waals surface area contributed by atoms with E-state index in [1.54, 1.807) is 0 Å². The SMILES string of the molecule is CC(C)c1cc(C(C)C)c(S(=O)(=O)N[C@H](c2ccccc2)[C@@H](NCCCCC2=CCC=CC2)c2ccccc2)c(C(C)C)c1. The van der Waals surface area contributed by atoms with Crippen LogP contribution >= 0.6 is 0 Å². The molecule has 0 unspecified atom stereocenters. The number of unbranched alkanes of at least 4 members (excludes halogenated alkanes) is 1. The lowest BCUT2D eigenvalue weighted by atomic mass is 9.89. The molecule has 44 heavy (non-hydrogen) atoms. The van der Waals surface area contributed by atoms with Crippen LogP contribution in [0.5, 0.6) is 0 Å². The Morgan fingerprint density at radius 1 is 0.682 bits per heavy atom. The molecule has 2 N–H and O–H groups in total. The average molecular weight is 613 g/mol. The zero-order chi connectivity index (χ0) is 31.7. The van der Waals surface area contributed by atoms with Crippen LogP contribution in [-0.2, 0) is 10.0 Å². The van der Waals surface area contributed by atoms with Gasteiger partial charge in [-0.1, -0.05) is 138 Å². The summed E-state index contributed by atoms with van der Waals surface area (Å²) >= 11 is 0. The fraction of sp³-hybridized carbons (Fsp3) is 0.436. The molecular formula is C39H52N2O2S. The van der Waals surface area contributed by atoms with Gasteiger partial charge < -0.3 is 5.32 Å². The number of nitrogens with one attached hydrogen (secondary N) is 2. The van der Waals surface area contributed by atoms with Gasteiger partial charge in [-0.15, -0.1) is 0 Å². The molecular weight excluding hydrogens is 561 g/mol. The minimum atomic E-state index is -3.91. The van der Waals surface area contributed by atoms with E-state index in [0.29, 0.717) is 10.8 Å². The van der Waals surface area contributed by atoms with Gasteiger partial charge in [0.05, 0.1) is 17.0 Å². The molecule has 0 heterocycles. The maximum absolute atomic E-state index is 14.7. The number of benzene rings is 3. The van der Waals surface area contributed by atoms with E-state index in [9.17, 15) is 8.42 Å². The fourth-order valence-corrected chi connectivity index (χ4v) is 8.03. The minimum absolute atomic E-state index is 0.0609. The van der Waals surface area contributed by atoms with E-state index in [0.717, 1.165) is 60.9 Å². The molecule has 3 aromatic rings. The first kappa shape index (κ1) is 33.9. The van der Waals surface area contributed by atoms with E-state index in [1.165, 1.54) is 11.1 Å². The van der Waals surface area contributed by atoms with E-state index < -0.39 is 16.1 Å². The highest BCUT2D eigenvalue weighted by molar-refractivity contribution is 7.89. The maximum Gasteiger partial charge on any atom is 0.241 e. The first-order valence-corrected chi connectivity index (χ1v) is 17.9. The number of hydrogen-bond acceptors (Lipinski definition) is 3. The van der Waals surface area contributed by atoms with Gasteiger partial charge >= 0.3 is 0 Å². The second kappa shape index (κ2) is 15.8. The third-order valence-corrected chi connectivity index (χ3v) is 10.2. The second-order valence-electron chi connectivity index (χ2n) is 13.1. The molecule has 0 aliphatic heterocycles. The van der Waals surface area contributed by atoms with Gasteiger partial charge in [0.25, 0.3) is 0 Å². The summed E-state index contributed by atoms with van der Waals surface area (Å²) in [6.45, 7) is 13.5. The Morgan fingerprint density at radius 2 is 1.25 bits per heavy atom. The topological polar surface area (TPSA) is 58.2 Å². The van der Waals surface area contributed by atoms with Crippen molar-refractivity contribution in [3.63, 3.8) is 0 Å². The Bertz CT molecular complexity index is 1480. The Kier molecular flexibility index (Phi) is 12.2. The van der Waals surface area contributed by atoms with Crippen molar-refractivity contribution < 1.29 is 8.42 Å². The molecule has 3 aromatic carbocycles. The zero-order valence-electron chi connectivity index (χ0n) is 27.5. The molecule has 2 atom stereocenters. The number of sulfonamides is 1. The van der Waals surface area contributed by atoms with Crippen LogP contribution in [0.3, 0.4) is 0 Å². The normalized spacial score (nSPS) is 15.2. The average Bonchev–Trinajstić information content (AvgIpc) is 3.02. The molecule has 4 nitrogen and oxygen atoms in total. The van der Waals surface area contributed by atoms with E-state index >= 15 is 0 Å². The minimum Gasteiger partial charge on any atom is -0.308 e. The van der Waals surface area contributed by atoms with Crippen molar-refractivity contribution in [3.05, 3.63) is 124 Å². The summed E-state index contributed by atoms with van der Waals surface area (Å²) in [7, 11) is -3.91. The lowest BCUT2D eigenvalue weighted by molar-refractivity contribution is 0.417. The molecule has 1 aliphatic rings. The van der Waals surface area contributed by atoms with E-state index in [1.807, 2.05) is 48.5 Å². The van der Waals surface area contributed by atoms with Gasteiger partial charge in [-0.05, 0) is 84.2 Å². The summed E-state index contributed by atoms with van der Waals surface area (Å²) in [4.78, 5) is 0.439. The summed E-state index contributed by atoms with van der Waals surface area (Å²) < 4.78 is 32.6. The van der Waals surface area contributed by atoms with Crippen molar-refractivity contribution in [2.45, 2.75) is 108 Å². The molecule has 5 heteroatoms. The largest absolute Gasteiger partial charge is 0.308 e. The Hall–Kier alpha value is -2.99. The Balaban J connectivity index is 1.71. The Morgan fingerprint density at radius 3 is 1.75 bits per heavy atom. The molecule has 0 saturated heterocycles. The second-order valence-corrected chi connectivity index (χ2v) is 14.7. The highest BCUT2D eigenvalue weighted by Crippen LogP contribution is 2.37. The smallest absolute Gasteiger partial charge is 0.241 e. The van der Waals surface area contributed by atoms with Crippen molar-refractivity contribution in [1.29, 1.82) is 0 Å². The highest BCUT2D eigenvalue weighted by atomic mass is 32.2. The quantitative estimate of drug-likeness (QED) is 0.133. The van der Waals surface area contributed by atoms with E-state index in [2.05, 4.69) is 94.1 Å². The van der Waals surface area contributed by atoms with Gasteiger partial charge in [0.15, 0.2) is 0 Å². The van der Waals surface area contributed by atoms with E-state index in [-0.39, 0.29) is 17.9 Å². The standard InChI is InChI=1S/C39H52N2O2S/c1-28(2)34-26-35(29(3)4)39(36(27-34)30(5)6)44(42,43)41-38(33-23-14-9-15-24-33)37(32-21-12-8-13-22-32)40-25-17-16-20-31-18-10-7-11-19-31/h7-10,12-15,19,21-24,26-30,37-38,40-41H,11,16-18,20,25H2,1-6H3/t37-,38+/m0/s1. The summed E-state index contributed by atoms with van der Waals surface area (Å²) in [6, 6.07) is 23.7. The number of rotatable bonds is 15. The molecule has 1 aliphatic carbocycles. The first-order chi connectivity index (χ1) is 21.1. The van der Waals surface area contributed by atoms with Crippen LogP contribution in [0.4, 0.5) is 0 Å². The van der Waals surface area contributed by atoms with Gasteiger partial charge in [0.1, 0.15) is 0 Å². The number of allylic oxidation sites excluding steroid dienone is 4. The first-order valence-electron chi connectivity index (χ1n) is 16.4. The van der Waals surface area contributed by atoms with Crippen molar-refractivity contribution in [3.8, 4) is 0 Å². The van der Waals surface area contributed by atoms with Crippen molar-refractivity contribution in [2.24, 2.45) is 0 Å². The molecule has 0 bridgehead atoms. The van der Waals surface area contributed by atoms with Crippen LogP contribution in [-0.4, -0.2) is 15.0 Å². The number of hydrogen-bond donors (Lipinski definition) is 2. The van der Waals surface area contributed by atoms with Gasteiger partial charge in [-0.25, -0.2) is 13.1 Å². The lowest BCUT2D eigenvalue weighted by Gasteiger charge is -2.31. The third kappa shape index (κ3) is 8.80. The van der Waals surface area contributed by atoms with Crippen LogP contribution in [0.2, 0.25) is 0 Å². The molecule has 0 fully saturated rings. The zero-order valence-corrected chi connectivity index (χ0v) is 28.3. The molecule has 0 saturated carbocycles. The maximum atomic E-state index is 14.7. The summed E-state index contributed by atoms with van der Waals surface area (Å²) in [5.74, 6) is 0.431. The molecule has 4 rings (SSSR count). The van der Waals surface area contributed by atoms with Crippen molar-refractivity contribution in [1.82, 2.24) is 10.0 Å². The summed E-state index contributed by atoms with van der Waals surface area (Å²) in [5, 5.41) is 3.78. The molecule has 0 aromatic heterocycles. The lowest BCUT2D eigenvalue weighted by Crippen LogP contribution is -2.39. The fourth-order valence-electron chi connectivity index (χ4n) is 6.09. The summed E-state index contributed by atoms with van der Waals surface area (Å²) in [6.07, 6.45) is 12.2. The monoisotopic (exact) mass is 612 g/mol. The molecule has 0 spiro atoms. The predicted molar refractivity (Wildman–Crippen MR) is 186 cm³/mol. The van der Waals surface area contributed by atoms with Crippen molar-refractivity contribution >= 4 is 10.0 Å². The molecule has 236 valence electrons. The predicted octanol–water partition coefficient (Wildman–Crippen LogP) is 9.85. The summed E-state index contributed by atoms with van der Waals surface area (Å²) in [5.41, 5.74) is 6.47. The van der Waals surface area contributed by atoms with E-state index in [4.69, 9.17) is 0 Å². The molecule has 0 amide bonds. The van der Waals surface area contributed by atoms with Crippen LogP contribution in [0.15, 0.2) is 101 Å². The van der Waals surface area contributed by atoms with Crippen molar-refractivity contribution in [2.75, 3.05) is 6.54 Å². The molecule has 0 radical (unpaired) electrons. The van der Waals surface area contributed by atoms with Crippen LogP contribution in [0.1, 0.15) is 131 Å². The van der Waals surface area contributed by atoms with Gasteiger partial charge in [-0.2, -0.15) is 0 Å². The van der Waals surface area contributed by atoms with Crippen LogP contribution < -0.4 is 10.0 Å².